The van der Waals surface area contributed by atoms with E-state index in [-0.39, 0.29) is 5.57 Å². The number of aryl methyl sites for hydroxylation is 2. The molecular formula is C29H22Cl2N2O2. The van der Waals surface area contributed by atoms with E-state index in [1.165, 1.54) is 17.2 Å². The molecule has 4 aromatic rings. The van der Waals surface area contributed by atoms with Crippen molar-refractivity contribution in [2.24, 2.45) is 0 Å². The Balaban J connectivity index is 1.69. The maximum absolute atomic E-state index is 12.9. The van der Waals surface area contributed by atoms with Crippen LogP contribution in [0.25, 0.3) is 16.8 Å². The Hall–Kier alpha value is -3.78. The van der Waals surface area contributed by atoms with E-state index in [1.54, 1.807) is 18.2 Å². The lowest BCUT2D eigenvalue weighted by Crippen LogP contribution is -2.13. The lowest BCUT2D eigenvalue weighted by molar-refractivity contribution is -0.112. The fraction of sp³-hybridized carbons (Fsp3) is 0.103. The molecule has 0 aliphatic carbocycles. The number of nitrogens with zero attached hydrogens (tertiary/aromatic N) is 1. The molecule has 0 spiro atoms. The van der Waals surface area contributed by atoms with Crippen LogP contribution in [-0.2, 0) is 11.4 Å². The first kappa shape index (κ1) is 24.3. The summed E-state index contributed by atoms with van der Waals surface area (Å²) in [6.45, 7) is 4.49. The number of nitrogens with one attached hydrogen (secondary N) is 1. The number of anilines is 1. The zero-order valence-corrected chi connectivity index (χ0v) is 20.7. The zero-order valence-electron chi connectivity index (χ0n) is 19.2. The molecule has 0 atom stereocenters. The summed E-state index contributed by atoms with van der Waals surface area (Å²) in [5, 5.41) is 15.0. The SMILES string of the molecule is Cc1ccc(COc2ccc3ccccc3c2/C=C(\C#N)C(=O)Nc2ccc(Cl)c(Cl)c2)cc1C. The predicted octanol–water partition coefficient (Wildman–Crippen LogP) is 7.89. The van der Waals surface area contributed by atoms with Crippen molar-refractivity contribution in [1.29, 1.82) is 5.26 Å². The van der Waals surface area contributed by atoms with Gasteiger partial charge in [-0.15, -0.1) is 0 Å². The van der Waals surface area contributed by atoms with Crippen molar-refractivity contribution < 1.29 is 9.53 Å². The second-order valence-corrected chi connectivity index (χ2v) is 8.97. The van der Waals surface area contributed by atoms with Gasteiger partial charge < -0.3 is 10.1 Å². The third kappa shape index (κ3) is 5.66. The van der Waals surface area contributed by atoms with Gasteiger partial charge in [-0.1, -0.05) is 71.7 Å². The van der Waals surface area contributed by atoms with Crippen molar-refractivity contribution in [1.82, 2.24) is 0 Å². The van der Waals surface area contributed by atoms with Crippen LogP contribution in [0.4, 0.5) is 5.69 Å². The molecule has 0 saturated heterocycles. The molecule has 0 aromatic heterocycles. The molecule has 1 N–H and O–H groups in total. The Morgan fingerprint density at radius 2 is 1.77 bits per heavy atom. The number of nitriles is 1. The second-order valence-electron chi connectivity index (χ2n) is 8.16. The second kappa shape index (κ2) is 10.7. The Bertz CT molecular complexity index is 1500. The van der Waals surface area contributed by atoms with E-state index in [4.69, 9.17) is 27.9 Å². The van der Waals surface area contributed by atoms with Crippen LogP contribution in [0.2, 0.25) is 10.0 Å². The molecule has 0 aliphatic rings. The molecule has 0 heterocycles. The van der Waals surface area contributed by atoms with Crippen LogP contribution in [0, 0.1) is 25.2 Å². The van der Waals surface area contributed by atoms with Gasteiger partial charge in [0.1, 0.15) is 24.0 Å². The van der Waals surface area contributed by atoms with Gasteiger partial charge in [0.05, 0.1) is 10.0 Å². The van der Waals surface area contributed by atoms with Crippen LogP contribution < -0.4 is 10.1 Å². The Morgan fingerprint density at radius 3 is 2.51 bits per heavy atom. The lowest BCUT2D eigenvalue weighted by atomic mass is 10.0. The zero-order chi connectivity index (χ0) is 24.9. The summed E-state index contributed by atoms with van der Waals surface area (Å²) in [7, 11) is 0. The minimum Gasteiger partial charge on any atom is -0.488 e. The van der Waals surface area contributed by atoms with Crippen LogP contribution in [0.3, 0.4) is 0 Å². The van der Waals surface area contributed by atoms with Gasteiger partial charge in [0.15, 0.2) is 0 Å². The Kier molecular flexibility index (Phi) is 7.41. The summed E-state index contributed by atoms with van der Waals surface area (Å²) in [5.74, 6) is 0.0240. The molecule has 1 amide bonds. The number of benzene rings is 4. The largest absolute Gasteiger partial charge is 0.488 e. The molecule has 0 saturated carbocycles. The van der Waals surface area contributed by atoms with Crippen LogP contribution in [0.15, 0.2) is 78.4 Å². The molecule has 4 aromatic carbocycles. The lowest BCUT2D eigenvalue weighted by Gasteiger charge is -2.14. The summed E-state index contributed by atoms with van der Waals surface area (Å²) in [6, 6.07) is 24.5. The molecule has 6 heteroatoms. The minimum absolute atomic E-state index is 0.0662. The highest BCUT2D eigenvalue weighted by molar-refractivity contribution is 6.42. The number of fused-ring (bicyclic) bond motifs is 1. The number of carbonyl (C=O) groups excluding carboxylic acids is 1. The number of amides is 1. The molecule has 4 nitrogen and oxygen atoms in total. The van der Waals surface area contributed by atoms with Crippen molar-refractivity contribution in [2.75, 3.05) is 5.32 Å². The Morgan fingerprint density at radius 1 is 0.971 bits per heavy atom. The fourth-order valence-corrected chi connectivity index (χ4v) is 3.97. The first-order chi connectivity index (χ1) is 16.9. The van der Waals surface area contributed by atoms with Crippen molar-refractivity contribution >= 4 is 51.6 Å². The fourth-order valence-electron chi connectivity index (χ4n) is 3.67. The van der Waals surface area contributed by atoms with E-state index in [2.05, 4.69) is 31.3 Å². The third-order valence-corrected chi connectivity index (χ3v) is 6.47. The van der Waals surface area contributed by atoms with Gasteiger partial charge in [0.2, 0.25) is 0 Å². The maximum atomic E-state index is 12.9. The first-order valence-electron chi connectivity index (χ1n) is 10.9. The first-order valence-corrected chi connectivity index (χ1v) is 11.7. The molecule has 0 radical (unpaired) electrons. The molecular weight excluding hydrogens is 479 g/mol. The number of rotatable bonds is 6. The van der Waals surface area contributed by atoms with Crippen LogP contribution in [-0.4, -0.2) is 5.91 Å². The van der Waals surface area contributed by atoms with E-state index in [1.807, 2.05) is 48.5 Å². The van der Waals surface area contributed by atoms with E-state index < -0.39 is 5.91 Å². The highest BCUT2D eigenvalue weighted by Gasteiger charge is 2.14. The average molecular weight is 501 g/mol. The number of hydrogen-bond acceptors (Lipinski definition) is 3. The molecule has 0 unspecified atom stereocenters. The Labute approximate surface area is 214 Å². The van der Waals surface area contributed by atoms with E-state index in [0.717, 1.165) is 16.3 Å². The normalized spacial score (nSPS) is 11.2. The van der Waals surface area contributed by atoms with Gasteiger partial charge in [0, 0.05) is 11.3 Å². The summed E-state index contributed by atoms with van der Waals surface area (Å²) in [5.41, 5.74) is 4.48. The van der Waals surface area contributed by atoms with Crippen LogP contribution in [0.5, 0.6) is 5.75 Å². The standard InChI is InChI=1S/C29H22Cl2N2O2/c1-18-7-8-20(13-19(18)2)17-35-28-12-9-21-5-3-4-6-24(21)25(28)14-22(16-32)29(34)33-23-10-11-26(30)27(31)15-23/h3-15H,17H2,1-2H3,(H,33,34)/b22-14+. The molecule has 174 valence electrons. The summed E-state index contributed by atoms with van der Waals surface area (Å²) >= 11 is 12.0. The van der Waals surface area contributed by atoms with Crippen molar-refractivity contribution in [3.8, 4) is 11.8 Å². The molecule has 4 rings (SSSR count). The van der Waals surface area contributed by atoms with Gasteiger partial charge in [-0.25, -0.2) is 0 Å². The molecule has 35 heavy (non-hydrogen) atoms. The topological polar surface area (TPSA) is 62.1 Å². The average Bonchev–Trinajstić information content (AvgIpc) is 2.85. The van der Waals surface area contributed by atoms with Crippen molar-refractivity contribution in [2.45, 2.75) is 20.5 Å². The quantitative estimate of drug-likeness (QED) is 0.216. The smallest absolute Gasteiger partial charge is 0.266 e. The minimum atomic E-state index is -0.557. The summed E-state index contributed by atoms with van der Waals surface area (Å²) < 4.78 is 6.18. The van der Waals surface area contributed by atoms with Gasteiger partial charge in [-0.05, 0) is 71.7 Å². The van der Waals surface area contributed by atoms with Gasteiger partial charge in [-0.3, -0.25) is 4.79 Å². The van der Waals surface area contributed by atoms with E-state index in [0.29, 0.717) is 33.7 Å². The predicted molar refractivity (Wildman–Crippen MR) is 143 cm³/mol. The van der Waals surface area contributed by atoms with Gasteiger partial charge in [0.25, 0.3) is 5.91 Å². The summed E-state index contributed by atoms with van der Waals surface area (Å²) in [6.07, 6.45) is 1.56. The van der Waals surface area contributed by atoms with Gasteiger partial charge in [-0.2, -0.15) is 5.26 Å². The maximum Gasteiger partial charge on any atom is 0.266 e. The molecule has 0 aliphatic heterocycles. The highest BCUT2D eigenvalue weighted by atomic mass is 35.5. The number of halogens is 2. The van der Waals surface area contributed by atoms with Crippen molar-refractivity contribution in [3.63, 3.8) is 0 Å². The van der Waals surface area contributed by atoms with Crippen molar-refractivity contribution in [3.05, 3.63) is 111 Å². The summed E-state index contributed by atoms with van der Waals surface area (Å²) in [4.78, 5) is 12.9. The van der Waals surface area contributed by atoms with E-state index >= 15 is 0 Å². The number of carbonyl (C=O) groups is 1. The monoisotopic (exact) mass is 500 g/mol. The van der Waals surface area contributed by atoms with Gasteiger partial charge >= 0.3 is 0 Å². The molecule has 0 bridgehead atoms. The van der Waals surface area contributed by atoms with Crippen LogP contribution >= 0.6 is 23.2 Å². The van der Waals surface area contributed by atoms with E-state index in [9.17, 15) is 10.1 Å². The number of hydrogen-bond donors (Lipinski definition) is 1. The molecule has 0 fully saturated rings. The van der Waals surface area contributed by atoms with Crippen LogP contribution in [0.1, 0.15) is 22.3 Å². The highest BCUT2D eigenvalue weighted by Crippen LogP contribution is 2.31. The third-order valence-electron chi connectivity index (χ3n) is 5.73. The number of ether oxygens (including phenoxy) is 1.